The smallest absolute Gasteiger partial charge is 0.344 e. The zero-order valence-corrected chi connectivity index (χ0v) is 18.0. The largest absolute Gasteiger partial charge is 0.477 e. The summed E-state index contributed by atoms with van der Waals surface area (Å²) in [6.45, 7) is 6.13. The fourth-order valence-electron chi connectivity index (χ4n) is 2.86. The number of carboxylic acid groups (broad SMARTS) is 1. The first-order chi connectivity index (χ1) is 14.4. The molecule has 2 amide bonds. The van der Waals surface area contributed by atoms with Crippen LogP contribution in [0.25, 0.3) is 0 Å². The fraction of sp³-hybridized carbons (Fsp3) is 0.421. The van der Waals surface area contributed by atoms with E-state index in [0.717, 1.165) is 30.2 Å². The quantitative estimate of drug-likeness (QED) is 0.562. The van der Waals surface area contributed by atoms with Gasteiger partial charge in [-0.05, 0) is 30.1 Å². The summed E-state index contributed by atoms with van der Waals surface area (Å²) in [4.78, 5) is 26.0. The lowest BCUT2D eigenvalue weighted by atomic mass is 10.2. The zero-order valence-electron chi connectivity index (χ0n) is 16.4. The number of hydrogen-bond donors (Lipinski definition) is 3. The Morgan fingerprint density at radius 2 is 2.13 bits per heavy atom. The molecule has 1 aliphatic rings. The first-order valence-electron chi connectivity index (χ1n) is 9.40. The Labute approximate surface area is 183 Å². The van der Waals surface area contributed by atoms with E-state index in [9.17, 15) is 14.7 Å². The van der Waals surface area contributed by atoms with Gasteiger partial charge in [-0.3, -0.25) is 10.2 Å². The van der Waals surface area contributed by atoms with Gasteiger partial charge in [0, 0.05) is 36.8 Å². The van der Waals surface area contributed by atoms with Gasteiger partial charge in [0.05, 0.1) is 13.2 Å². The number of aryl methyl sites for hydroxylation is 1. The third-order valence-electron chi connectivity index (χ3n) is 4.49. The summed E-state index contributed by atoms with van der Waals surface area (Å²) >= 11 is 7.04. The monoisotopic (exact) mass is 454 g/mol. The molecule has 30 heavy (non-hydrogen) atoms. The number of aromatic nitrogens is 1. The van der Waals surface area contributed by atoms with Crippen molar-refractivity contribution in [2.24, 2.45) is 0 Å². The van der Waals surface area contributed by atoms with Crippen molar-refractivity contribution in [2.45, 2.75) is 13.5 Å². The molecule has 162 valence electrons. The second kappa shape index (κ2) is 10.6. The maximum Gasteiger partial charge on any atom is 0.344 e. The molecule has 9 nitrogen and oxygen atoms in total. The first kappa shape index (κ1) is 22.3. The van der Waals surface area contributed by atoms with Gasteiger partial charge in [0.2, 0.25) is 5.88 Å². The molecule has 0 saturated carbocycles. The standard InChI is InChI=1S/C19H23ClN4O5S/c1-12-2-3-13(14(20)10-12)11-29-16-15(18(25)26)17(30-23-16)22-19(27)21-4-5-24-6-8-28-9-7-24/h2-3,10H,4-9,11H2,1H3,(H,25,26)(H2,21,22,27). The van der Waals surface area contributed by atoms with Crippen LogP contribution in [-0.2, 0) is 11.3 Å². The summed E-state index contributed by atoms with van der Waals surface area (Å²) in [5.74, 6) is -1.30. The van der Waals surface area contributed by atoms with E-state index in [-0.39, 0.29) is 23.1 Å². The van der Waals surface area contributed by atoms with Crippen molar-refractivity contribution in [3.63, 3.8) is 0 Å². The molecule has 1 aromatic carbocycles. The molecular weight excluding hydrogens is 432 g/mol. The molecule has 0 bridgehead atoms. The number of carbonyl (C=O) groups is 2. The molecule has 2 aromatic rings. The van der Waals surface area contributed by atoms with Crippen LogP contribution >= 0.6 is 23.1 Å². The number of hydrogen-bond acceptors (Lipinski definition) is 7. The highest BCUT2D eigenvalue weighted by molar-refractivity contribution is 7.11. The van der Waals surface area contributed by atoms with Gasteiger partial charge >= 0.3 is 12.0 Å². The predicted octanol–water partition coefficient (Wildman–Crippen LogP) is 2.84. The van der Waals surface area contributed by atoms with Crippen LogP contribution in [0.4, 0.5) is 9.80 Å². The third kappa shape index (κ3) is 6.05. The Hall–Kier alpha value is -2.40. The van der Waals surface area contributed by atoms with E-state index in [2.05, 4.69) is 19.9 Å². The van der Waals surface area contributed by atoms with Crippen molar-refractivity contribution in [1.29, 1.82) is 0 Å². The Bertz CT molecular complexity index is 901. The van der Waals surface area contributed by atoms with Gasteiger partial charge in [-0.1, -0.05) is 23.7 Å². The highest BCUT2D eigenvalue weighted by atomic mass is 35.5. The van der Waals surface area contributed by atoms with Crippen LogP contribution < -0.4 is 15.4 Å². The van der Waals surface area contributed by atoms with Crippen LogP contribution in [0.5, 0.6) is 5.88 Å². The summed E-state index contributed by atoms with van der Waals surface area (Å²) in [5, 5.41) is 15.5. The van der Waals surface area contributed by atoms with Gasteiger partial charge in [-0.15, -0.1) is 0 Å². The van der Waals surface area contributed by atoms with E-state index >= 15 is 0 Å². The van der Waals surface area contributed by atoms with Crippen molar-refractivity contribution in [3.8, 4) is 5.88 Å². The van der Waals surface area contributed by atoms with Gasteiger partial charge < -0.3 is 19.9 Å². The summed E-state index contributed by atoms with van der Waals surface area (Å²) in [6.07, 6.45) is 0. The Morgan fingerprint density at radius 1 is 1.37 bits per heavy atom. The highest BCUT2D eigenvalue weighted by Gasteiger charge is 2.23. The van der Waals surface area contributed by atoms with Crippen LogP contribution in [-0.4, -0.2) is 65.8 Å². The number of anilines is 1. The van der Waals surface area contributed by atoms with Crippen molar-refractivity contribution in [3.05, 3.63) is 39.9 Å². The Balaban J connectivity index is 1.56. The molecule has 0 radical (unpaired) electrons. The van der Waals surface area contributed by atoms with Crippen LogP contribution in [0.15, 0.2) is 18.2 Å². The van der Waals surface area contributed by atoms with Gasteiger partial charge in [0.25, 0.3) is 0 Å². The molecule has 1 aliphatic heterocycles. The minimum atomic E-state index is -1.24. The number of amides is 2. The molecule has 0 unspecified atom stereocenters. The molecule has 3 N–H and O–H groups in total. The molecule has 1 aromatic heterocycles. The predicted molar refractivity (Wildman–Crippen MR) is 114 cm³/mol. The van der Waals surface area contributed by atoms with E-state index in [1.54, 1.807) is 6.07 Å². The molecule has 3 rings (SSSR count). The number of nitrogens with one attached hydrogen (secondary N) is 2. The second-order valence-electron chi connectivity index (χ2n) is 6.72. The molecule has 1 saturated heterocycles. The number of carbonyl (C=O) groups excluding carboxylic acids is 1. The van der Waals surface area contributed by atoms with Crippen molar-refractivity contribution in [2.75, 3.05) is 44.7 Å². The molecule has 0 aliphatic carbocycles. The highest BCUT2D eigenvalue weighted by Crippen LogP contribution is 2.31. The molecule has 1 fully saturated rings. The van der Waals surface area contributed by atoms with Crippen LogP contribution in [0, 0.1) is 6.92 Å². The van der Waals surface area contributed by atoms with E-state index < -0.39 is 12.0 Å². The number of urea groups is 1. The fourth-order valence-corrected chi connectivity index (χ4v) is 3.88. The summed E-state index contributed by atoms with van der Waals surface area (Å²) < 4.78 is 14.9. The van der Waals surface area contributed by atoms with Gasteiger partial charge in [-0.2, -0.15) is 4.37 Å². The molecule has 2 heterocycles. The number of ether oxygens (including phenoxy) is 2. The number of carboxylic acids is 1. The first-order valence-corrected chi connectivity index (χ1v) is 10.5. The zero-order chi connectivity index (χ0) is 21.5. The van der Waals surface area contributed by atoms with Crippen LogP contribution in [0.1, 0.15) is 21.5 Å². The number of benzene rings is 1. The van der Waals surface area contributed by atoms with Gasteiger partial charge in [-0.25, -0.2) is 9.59 Å². The second-order valence-corrected chi connectivity index (χ2v) is 7.90. The van der Waals surface area contributed by atoms with Crippen molar-refractivity contribution in [1.82, 2.24) is 14.6 Å². The average Bonchev–Trinajstić information content (AvgIpc) is 3.10. The number of rotatable bonds is 8. The minimum absolute atomic E-state index is 0.0623. The average molecular weight is 455 g/mol. The Kier molecular flexibility index (Phi) is 7.86. The van der Waals surface area contributed by atoms with E-state index in [1.165, 1.54) is 0 Å². The summed E-state index contributed by atoms with van der Waals surface area (Å²) in [7, 11) is 0. The van der Waals surface area contributed by atoms with Gasteiger partial charge in [0.1, 0.15) is 11.6 Å². The van der Waals surface area contributed by atoms with Crippen LogP contribution in [0.3, 0.4) is 0 Å². The number of nitrogens with zero attached hydrogens (tertiary/aromatic N) is 2. The lowest BCUT2D eigenvalue weighted by Crippen LogP contribution is -2.42. The molecular formula is C19H23ClN4O5S. The van der Waals surface area contributed by atoms with E-state index in [1.807, 2.05) is 19.1 Å². The molecule has 11 heteroatoms. The SMILES string of the molecule is Cc1ccc(COc2nsc(NC(=O)NCCN3CCOCC3)c2C(=O)O)c(Cl)c1. The summed E-state index contributed by atoms with van der Waals surface area (Å²) in [5.41, 5.74) is 1.53. The third-order valence-corrected chi connectivity index (χ3v) is 5.59. The molecule has 0 spiro atoms. The number of halogens is 1. The van der Waals surface area contributed by atoms with Crippen molar-refractivity contribution < 1.29 is 24.2 Å². The topological polar surface area (TPSA) is 113 Å². The maximum absolute atomic E-state index is 12.2. The Morgan fingerprint density at radius 3 is 2.83 bits per heavy atom. The molecule has 0 atom stereocenters. The van der Waals surface area contributed by atoms with Crippen molar-refractivity contribution >= 4 is 40.1 Å². The normalized spacial score (nSPS) is 14.3. The van der Waals surface area contributed by atoms with E-state index in [4.69, 9.17) is 21.1 Å². The van der Waals surface area contributed by atoms with E-state index in [0.29, 0.717) is 36.9 Å². The minimum Gasteiger partial charge on any atom is -0.477 e. The van der Waals surface area contributed by atoms with Gasteiger partial charge in [0.15, 0.2) is 5.56 Å². The maximum atomic E-state index is 12.2. The lowest BCUT2D eigenvalue weighted by molar-refractivity contribution is 0.0388. The number of morpholine rings is 1. The number of aromatic carboxylic acids is 1. The lowest BCUT2D eigenvalue weighted by Gasteiger charge is -2.26. The summed E-state index contributed by atoms with van der Waals surface area (Å²) in [6, 6.07) is 5.00. The van der Waals surface area contributed by atoms with Crippen LogP contribution in [0.2, 0.25) is 5.02 Å².